The zero-order chi connectivity index (χ0) is 24.7. The number of rotatable bonds is 10. The molecule has 0 bridgehead atoms. The van der Waals surface area contributed by atoms with Crippen molar-refractivity contribution >= 4 is 23.4 Å². The molecule has 3 aromatic rings. The molecular formula is C22H23F3N4O4S. The number of anilines is 1. The first kappa shape index (κ1) is 25.2. The van der Waals surface area contributed by atoms with E-state index in [1.165, 1.54) is 18.2 Å². The number of benzene rings is 2. The van der Waals surface area contributed by atoms with E-state index < -0.39 is 24.1 Å². The summed E-state index contributed by atoms with van der Waals surface area (Å²) in [5, 5.41) is 11.3. The zero-order valence-electron chi connectivity index (χ0n) is 18.6. The molecular weight excluding hydrogens is 473 g/mol. The first-order chi connectivity index (χ1) is 16.2. The minimum Gasteiger partial charge on any atom is -0.497 e. The zero-order valence-corrected chi connectivity index (χ0v) is 19.4. The van der Waals surface area contributed by atoms with Gasteiger partial charge in [0.05, 0.1) is 18.6 Å². The molecule has 0 saturated heterocycles. The topological polar surface area (TPSA) is 87.5 Å². The van der Waals surface area contributed by atoms with Gasteiger partial charge in [-0.25, -0.2) is 0 Å². The maximum absolute atomic E-state index is 12.6. The molecule has 3 rings (SSSR count). The van der Waals surface area contributed by atoms with E-state index in [1.807, 2.05) is 18.4 Å². The van der Waals surface area contributed by atoms with Crippen LogP contribution in [0.2, 0.25) is 0 Å². The maximum atomic E-state index is 12.6. The van der Waals surface area contributed by atoms with E-state index in [2.05, 4.69) is 20.3 Å². The second kappa shape index (κ2) is 11.1. The van der Waals surface area contributed by atoms with Crippen LogP contribution in [-0.4, -0.2) is 39.9 Å². The van der Waals surface area contributed by atoms with Crippen LogP contribution in [0.3, 0.4) is 0 Å². The lowest BCUT2D eigenvalue weighted by Gasteiger charge is -2.16. The third-order valence-corrected chi connectivity index (χ3v) is 5.48. The number of aromatic nitrogens is 3. The van der Waals surface area contributed by atoms with Crippen LogP contribution in [0.5, 0.6) is 17.2 Å². The summed E-state index contributed by atoms with van der Waals surface area (Å²) in [6, 6.07) is 12.5. The Morgan fingerprint density at radius 2 is 1.79 bits per heavy atom. The number of ether oxygens (including phenoxy) is 3. The van der Waals surface area contributed by atoms with Crippen molar-refractivity contribution in [3.05, 3.63) is 54.4 Å². The summed E-state index contributed by atoms with van der Waals surface area (Å²) in [5.74, 6) is 0.820. The van der Waals surface area contributed by atoms with Crippen LogP contribution in [0.1, 0.15) is 25.8 Å². The molecule has 0 aliphatic rings. The standard InChI is InChI=1S/C22H23F3N4O4S/c1-4-29-20(14(2)32-16-11-9-15(31-3)10-12-16)27-28-21(29)34-13-19(30)26-17-7-5-6-8-18(17)33-22(23,24)25/h5-12,14H,4,13H2,1-3H3,(H,26,30). The highest BCUT2D eigenvalue weighted by Gasteiger charge is 2.32. The maximum Gasteiger partial charge on any atom is 0.573 e. The molecule has 1 heterocycles. The Hall–Kier alpha value is -3.41. The molecule has 0 aliphatic heterocycles. The molecule has 0 spiro atoms. The van der Waals surface area contributed by atoms with Crippen molar-refractivity contribution in [2.24, 2.45) is 0 Å². The molecule has 182 valence electrons. The van der Waals surface area contributed by atoms with Crippen LogP contribution in [0.15, 0.2) is 53.7 Å². The Morgan fingerprint density at radius 1 is 1.12 bits per heavy atom. The number of halogens is 3. The number of nitrogens with zero attached hydrogens (tertiary/aromatic N) is 3. The third kappa shape index (κ3) is 6.80. The molecule has 8 nitrogen and oxygen atoms in total. The van der Waals surface area contributed by atoms with Gasteiger partial charge in [-0.05, 0) is 50.2 Å². The van der Waals surface area contributed by atoms with Crippen LogP contribution < -0.4 is 19.5 Å². The van der Waals surface area contributed by atoms with Gasteiger partial charge in [0, 0.05) is 6.54 Å². The number of nitrogens with one attached hydrogen (secondary N) is 1. The largest absolute Gasteiger partial charge is 0.573 e. The smallest absolute Gasteiger partial charge is 0.497 e. The van der Waals surface area contributed by atoms with Gasteiger partial charge in [-0.15, -0.1) is 23.4 Å². The lowest BCUT2D eigenvalue weighted by Crippen LogP contribution is -2.20. The number of carbonyl (C=O) groups is 1. The summed E-state index contributed by atoms with van der Waals surface area (Å²) < 4.78 is 54.6. The second-order valence-electron chi connectivity index (χ2n) is 6.90. The van der Waals surface area contributed by atoms with Gasteiger partial charge in [0.25, 0.3) is 0 Å². The molecule has 0 radical (unpaired) electrons. The number of thioether (sulfide) groups is 1. The van der Waals surface area contributed by atoms with Crippen molar-refractivity contribution < 1.29 is 32.2 Å². The van der Waals surface area contributed by atoms with E-state index in [1.54, 1.807) is 31.4 Å². The van der Waals surface area contributed by atoms with Crippen LogP contribution >= 0.6 is 11.8 Å². The summed E-state index contributed by atoms with van der Waals surface area (Å²) in [6.07, 6.45) is -5.29. The van der Waals surface area contributed by atoms with Gasteiger partial charge >= 0.3 is 6.36 Å². The fourth-order valence-corrected chi connectivity index (χ4v) is 3.83. The number of methoxy groups -OCH3 is 1. The number of hydrogen-bond donors (Lipinski definition) is 1. The first-order valence-electron chi connectivity index (χ1n) is 10.2. The summed E-state index contributed by atoms with van der Waals surface area (Å²) in [4.78, 5) is 12.4. The fourth-order valence-electron chi connectivity index (χ4n) is 3.02. The van der Waals surface area contributed by atoms with Crippen LogP contribution in [-0.2, 0) is 11.3 Å². The molecule has 1 atom stereocenters. The summed E-state index contributed by atoms with van der Waals surface area (Å²) in [7, 11) is 1.58. The minimum atomic E-state index is -4.87. The molecule has 34 heavy (non-hydrogen) atoms. The highest BCUT2D eigenvalue weighted by molar-refractivity contribution is 7.99. The van der Waals surface area contributed by atoms with E-state index in [-0.39, 0.29) is 11.4 Å². The average molecular weight is 497 g/mol. The molecule has 1 aromatic heterocycles. The Labute approximate surface area is 198 Å². The Morgan fingerprint density at radius 3 is 2.44 bits per heavy atom. The molecule has 0 saturated carbocycles. The van der Waals surface area contributed by atoms with Crippen molar-refractivity contribution in [1.29, 1.82) is 0 Å². The molecule has 0 fully saturated rings. The number of alkyl halides is 3. The van der Waals surface area contributed by atoms with Crippen molar-refractivity contribution in [3.63, 3.8) is 0 Å². The monoisotopic (exact) mass is 496 g/mol. The number of para-hydroxylation sites is 2. The second-order valence-corrected chi connectivity index (χ2v) is 7.84. The molecule has 1 N–H and O–H groups in total. The van der Waals surface area contributed by atoms with E-state index in [9.17, 15) is 18.0 Å². The third-order valence-electron chi connectivity index (χ3n) is 4.52. The van der Waals surface area contributed by atoms with Crippen molar-refractivity contribution in [3.8, 4) is 17.2 Å². The SMILES string of the molecule is CCn1c(SCC(=O)Nc2ccccc2OC(F)(F)F)nnc1C(C)Oc1ccc(OC)cc1. The molecule has 2 aromatic carbocycles. The van der Waals surface area contributed by atoms with E-state index in [0.29, 0.717) is 29.0 Å². The van der Waals surface area contributed by atoms with Gasteiger partial charge in [0.15, 0.2) is 22.8 Å². The van der Waals surface area contributed by atoms with Gasteiger partial charge in [-0.1, -0.05) is 23.9 Å². The first-order valence-corrected chi connectivity index (χ1v) is 11.2. The Bertz CT molecular complexity index is 1110. The number of amides is 1. The summed E-state index contributed by atoms with van der Waals surface area (Å²) in [5.41, 5.74) is -0.0791. The predicted octanol–water partition coefficient (Wildman–Crippen LogP) is 5.08. The Kier molecular flexibility index (Phi) is 8.26. The fraction of sp³-hybridized carbons (Fsp3) is 0.318. The van der Waals surface area contributed by atoms with Gasteiger partial charge in [-0.2, -0.15) is 0 Å². The molecule has 0 aliphatic carbocycles. The van der Waals surface area contributed by atoms with Crippen molar-refractivity contribution in [1.82, 2.24) is 14.8 Å². The number of hydrogen-bond acceptors (Lipinski definition) is 7. The lowest BCUT2D eigenvalue weighted by atomic mass is 10.3. The highest BCUT2D eigenvalue weighted by atomic mass is 32.2. The van der Waals surface area contributed by atoms with Gasteiger partial charge in [-0.3, -0.25) is 4.79 Å². The highest BCUT2D eigenvalue weighted by Crippen LogP contribution is 2.30. The molecule has 1 unspecified atom stereocenters. The number of carbonyl (C=O) groups excluding carboxylic acids is 1. The predicted molar refractivity (Wildman–Crippen MR) is 120 cm³/mol. The lowest BCUT2D eigenvalue weighted by molar-refractivity contribution is -0.274. The molecule has 12 heteroatoms. The average Bonchev–Trinajstić information content (AvgIpc) is 3.21. The van der Waals surface area contributed by atoms with E-state index >= 15 is 0 Å². The normalized spacial score (nSPS) is 12.2. The summed E-state index contributed by atoms with van der Waals surface area (Å²) >= 11 is 1.11. The van der Waals surface area contributed by atoms with Crippen LogP contribution in [0, 0.1) is 0 Å². The van der Waals surface area contributed by atoms with E-state index in [4.69, 9.17) is 9.47 Å². The van der Waals surface area contributed by atoms with E-state index in [0.717, 1.165) is 17.8 Å². The quantitative estimate of drug-likeness (QED) is 0.392. The van der Waals surface area contributed by atoms with Crippen LogP contribution in [0.4, 0.5) is 18.9 Å². The van der Waals surface area contributed by atoms with Gasteiger partial charge in [0.1, 0.15) is 11.5 Å². The van der Waals surface area contributed by atoms with Gasteiger partial charge < -0.3 is 24.1 Å². The van der Waals surface area contributed by atoms with Crippen molar-refractivity contribution in [2.75, 3.05) is 18.2 Å². The van der Waals surface area contributed by atoms with Gasteiger partial charge in [0.2, 0.25) is 5.91 Å². The minimum absolute atomic E-state index is 0.0791. The van der Waals surface area contributed by atoms with Crippen molar-refractivity contribution in [2.45, 2.75) is 38.0 Å². The van der Waals surface area contributed by atoms with Crippen LogP contribution in [0.25, 0.3) is 0 Å². The Balaban J connectivity index is 1.63. The summed E-state index contributed by atoms with van der Waals surface area (Å²) in [6.45, 7) is 4.27. The molecule has 1 amide bonds.